The summed E-state index contributed by atoms with van der Waals surface area (Å²) in [5.74, 6) is 1.46. The Morgan fingerprint density at radius 3 is 1.78 bits per heavy atom. The molecule has 0 saturated carbocycles. The molecule has 0 heterocycles. The van der Waals surface area contributed by atoms with Crippen LogP contribution in [0.1, 0.15) is 27.0 Å². The molecule has 0 unspecified atom stereocenters. The highest BCUT2D eigenvalue weighted by atomic mass is 16.5. The fourth-order valence-electron chi connectivity index (χ4n) is 3.33. The molecule has 4 aromatic carbocycles. The molecule has 32 heavy (non-hydrogen) atoms. The summed E-state index contributed by atoms with van der Waals surface area (Å²) in [6.45, 7) is 0.728. The molecular weight excluding hydrogens is 400 g/mol. The molecule has 0 aromatic heterocycles. The van der Waals surface area contributed by atoms with Gasteiger partial charge in [-0.05, 0) is 35.4 Å². The van der Waals surface area contributed by atoms with Gasteiger partial charge in [-0.2, -0.15) is 0 Å². The van der Waals surface area contributed by atoms with Crippen molar-refractivity contribution in [3.8, 4) is 17.2 Å². The third-order valence-corrected chi connectivity index (χ3v) is 5.04. The number of para-hydroxylation sites is 1. The van der Waals surface area contributed by atoms with Gasteiger partial charge in [0.2, 0.25) is 0 Å². The zero-order chi connectivity index (χ0) is 22.2. The van der Waals surface area contributed by atoms with Crippen LogP contribution in [0.5, 0.6) is 17.2 Å². The predicted octanol–water partition coefficient (Wildman–Crippen LogP) is 6.08. The quantitative estimate of drug-likeness (QED) is 0.305. The van der Waals surface area contributed by atoms with Crippen LogP contribution in [0.4, 0.5) is 0 Å². The molecule has 0 aliphatic rings. The Morgan fingerprint density at radius 2 is 1.16 bits per heavy atom. The average Bonchev–Trinajstić information content (AvgIpc) is 2.87. The topological polar surface area (TPSA) is 44.8 Å². The van der Waals surface area contributed by atoms with Crippen molar-refractivity contribution in [3.05, 3.63) is 125 Å². The van der Waals surface area contributed by atoms with Crippen molar-refractivity contribution >= 4 is 5.78 Å². The smallest absolute Gasteiger partial charge is 0.200 e. The molecule has 4 rings (SSSR count). The number of ether oxygens (including phenoxy) is 3. The van der Waals surface area contributed by atoms with Crippen LogP contribution in [0.2, 0.25) is 0 Å². The van der Waals surface area contributed by atoms with Gasteiger partial charge in [-0.3, -0.25) is 4.79 Å². The minimum atomic E-state index is -0.167. The minimum Gasteiger partial charge on any atom is -0.497 e. The van der Waals surface area contributed by atoms with Gasteiger partial charge in [0.25, 0.3) is 0 Å². The Kier molecular flexibility index (Phi) is 6.83. The second kappa shape index (κ2) is 10.3. The van der Waals surface area contributed by atoms with Crippen LogP contribution in [-0.4, -0.2) is 12.9 Å². The summed E-state index contributed by atoms with van der Waals surface area (Å²) in [5.41, 5.74) is 2.99. The van der Waals surface area contributed by atoms with E-state index in [9.17, 15) is 4.79 Å². The average molecular weight is 424 g/mol. The lowest BCUT2D eigenvalue weighted by molar-refractivity contribution is 0.103. The summed E-state index contributed by atoms with van der Waals surface area (Å²) in [6.07, 6.45) is 0. The first-order valence-electron chi connectivity index (χ1n) is 10.4. The summed E-state index contributed by atoms with van der Waals surface area (Å²) in [4.78, 5) is 13.5. The summed E-state index contributed by atoms with van der Waals surface area (Å²) >= 11 is 0. The molecule has 0 aliphatic carbocycles. The van der Waals surface area contributed by atoms with E-state index in [1.807, 2.05) is 78.9 Å². The number of benzene rings is 4. The standard InChI is InChI=1S/C28H24O4/c1-30-23-16-17-25(27(18-23)32-20-22-12-6-3-7-13-22)28(29)24-14-8-9-15-26(24)31-19-21-10-4-2-5-11-21/h2-18H,19-20H2,1H3. The Hall–Kier alpha value is -4.05. The van der Waals surface area contributed by atoms with Gasteiger partial charge in [-0.1, -0.05) is 72.8 Å². The number of carbonyl (C=O) groups is 1. The van der Waals surface area contributed by atoms with Gasteiger partial charge in [-0.25, -0.2) is 0 Å². The number of methoxy groups -OCH3 is 1. The van der Waals surface area contributed by atoms with Crippen LogP contribution in [0.3, 0.4) is 0 Å². The molecule has 4 heteroatoms. The van der Waals surface area contributed by atoms with Crippen LogP contribution in [0, 0.1) is 0 Å². The number of carbonyl (C=O) groups excluding carboxylic acids is 1. The van der Waals surface area contributed by atoms with Gasteiger partial charge >= 0.3 is 0 Å². The van der Waals surface area contributed by atoms with E-state index < -0.39 is 0 Å². The molecule has 0 bridgehead atoms. The Morgan fingerprint density at radius 1 is 0.625 bits per heavy atom. The monoisotopic (exact) mass is 424 g/mol. The molecule has 4 aromatic rings. The maximum atomic E-state index is 13.5. The molecule has 160 valence electrons. The Labute approximate surface area is 188 Å². The van der Waals surface area contributed by atoms with Crippen molar-refractivity contribution in [1.29, 1.82) is 0 Å². The van der Waals surface area contributed by atoms with Crippen molar-refractivity contribution in [2.45, 2.75) is 13.2 Å². The zero-order valence-electron chi connectivity index (χ0n) is 17.9. The normalized spacial score (nSPS) is 10.4. The lowest BCUT2D eigenvalue weighted by Crippen LogP contribution is -2.08. The van der Waals surface area contributed by atoms with Crippen LogP contribution >= 0.6 is 0 Å². The molecule has 0 atom stereocenters. The molecule has 0 fully saturated rings. The number of rotatable bonds is 9. The first-order valence-corrected chi connectivity index (χ1v) is 10.4. The maximum absolute atomic E-state index is 13.5. The highest BCUT2D eigenvalue weighted by molar-refractivity contribution is 6.12. The molecule has 0 spiro atoms. The van der Waals surface area contributed by atoms with Gasteiger partial charge in [0.1, 0.15) is 30.5 Å². The summed E-state index contributed by atoms with van der Waals surface area (Å²) < 4.78 is 17.4. The van der Waals surface area contributed by atoms with Gasteiger partial charge in [-0.15, -0.1) is 0 Å². The van der Waals surface area contributed by atoms with E-state index in [0.29, 0.717) is 41.6 Å². The molecule has 0 saturated heterocycles. The number of hydrogen-bond acceptors (Lipinski definition) is 4. The Bertz CT molecular complexity index is 1170. The largest absolute Gasteiger partial charge is 0.497 e. The summed E-state index contributed by atoms with van der Waals surface area (Å²) in [6, 6.07) is 32.2. The van der Waals surface area contributed by atoms with E-state index in [-0.39, 0.29) is 5.78 Å². The number of hydrogen-bond donors (Lipinski definition) is 0. The highest BCUT2D eigenvalue weighted by Gasteiger charge is 2.19. The predicted molar refractivity (Wildman–Crippen MR) is 124 cm³/mol. The van der Waals surface area contributed by atoms with Crippen LogP contribution in [-0.2, 0) is 13.2 Å². The number of ketones is 1. The molecule has 0 aliphatic heterocycles. The minimum absolute atomic E-state index is 0.167. The van der Waals surface area contributed by atoms with E-state index >= 15 is 0 Å². The fraction of sp³-hybridized carbons (Fsp3) is 0.107. The van der Waals surface area contributed by atoms with Gasteiger partial charge < -0.3 is 14.2 Å². The second-order valence-electron chi connectivity index (χ2n) is 7.24. The Balaban J connectivity index is 1.60. The van der Waals surface area contributed by atoms with Gasteiger partial charge in [0, 0.05) is 6.07 Å². The van der Waals surface area contributed by atoms with Crippen molar-refractivity contribution < 1.29 is 19.0 Å². The van der Waals surface area contributed by atoms with Crippen molar-refractivity contribution in [2.24, 2.45) is 0 Å². The van der Waals surface area contributed by atoms with Crippen molar-refractivity contribution in [3.63, 3.8) is 0 Å². The van der Waals surface area contributed by atoms with Crippen molar-refractivity contribution in [1.82, 2.24) is 0 Å². The molecule has 0 N–H and O–H groups in total. The SMILES string of the molecule is COc1ccc(C(=O)c2ccccc2OCc2ccccc2)c(OCc2ccccc2)c1. The molecule has 0 amide bonds. The molecular formula is C28H24O4. The lowest BCUT2D eigenvalue weighted by Gasteiger charge is -2.15. The van der Waals surface area contributed by atoms with Crippen LogP contribution in [0.25, 0.3) is 0 Å². The van der Waals surface area contributed by atoms with E-state index in [2.05, 4.69) is 0 Å². The second-order valence-corrected chi connectivity index (χ2v) is 7.24. The van der Waals surface area contributed by atoms with E-state index in [1.54, 1.807) is 31.4 Å². The van der Waals surface area contributed by atoms with Crippen LogP contribution in [0.15, 0.2) is 103 Å². The third-order valence-electron chi connectivity index (χ3n) is 5.04. The fourth-order valence-corrected chi connectivity index (χ4v) is 3.33. The van der Waals surface area contributed by atoms with E-state index in [4.69, 9.17) is 14.2 Å². The van der Waals surface area contributed by atoms with Gasteiger partial charge in [0.05, 0.1) is 18.2 Å². The highest BCUT2D eigenvalue weighted by Crippen LogP contribution is 2.30. The van der Waals surface area contributed by atoms with Gasteiger partial charge in [0.15, 0.2) is 5.78 Å². The van der Waals surface area contributed by atoms with E-state index in [0.717, 1.165) is 11.1 Å². The lowest BCUT2D eigenvalue weighted by atomic mass is 10.0. The molecule has 0 radical (unpaired) electrons. The van der Waals surface area contributed by atoms with Crippen molar-refractivity contribution in [2.75, 3.05) is 7.11 Å². The first kappa shape index (κ1) is 21.2. The third kappa shape index (κ3) is 5.16. The summed E-state index contributed by atoms with van der Waals surface area (Å²) in [7, 11) is 1.59. The maximum Gasteiger partial charge on any atom is 0.200 e. The first-order chi connectivity index (χ1) is 15.7. The van der Waals surface area contributed by atoms with E-state index in [1.165, 1.54) is 0 Å². The zero-order valence-corrected chi connectivity index (χ0v) is 17.9. The summed E-state index contributed by atoms with van der Waals surface area (Å²) in [5, 5.41) is 0. The molecule has 4 nitrogen and oxygen atoms in total. The van der Waals surface area contributed by atoms with Crippen LogP contribution < -0.4 is 14.2 Å².